The minimum atomic E-state index is -0.282. The summed E-state index contributed by atoms with van der Waals surface area (Å²) in [7, 11) is 0. The smallest absolute Gasteiger partial charge is 0.228 e. The number of nitrogens with zero attached hydrogens (tertiary/aromatic N) is 2. The molecule has 1 heterocycles. The molecule has 2 rings (SSSR count). The Kier molecular flexibility index (Phi) is 3.28. The zero-order chi connectivity index (χ0) is 12.6. The highest BCUT2D eigenvalue weighted by molar-refractivity contribution is 6.40. The Bertz CT molecular complexity index is 522. The van der Waals surface area contributed by atoms with Crippen molar-refractivity contribution in [3.63, 3.8) is 0 Å². The summed E-state index contributed by atoms with van der Waals surface area (Å²) in [4.78, 5) is 13.3. The number of hydrogen-bond donors (Lipinski definition) is 0. The third kappa shape index (κ3) is 2.11. The van der Waals surface area contributed by atoms with Crippen molar-refractivity contribution in [1.82, 2.24) is 0 Å². The maximum Gasteiger partial charge on any atom is 0.228 e. The number of carbonyl (C=O) groups excluding carboxylic acids is 1. The molecule has 17 heavy (non-hydrogen) atoms. The van der Waals surface area contributed by atoms with Gasteiger partial charge in [0.25, 0.3) is 0 Å². The van der Waals surface area contributed by atoms with E-state index in [-0.39, 0.29) is 18.2 Å². The highest BCUT2D eigenvalue weighted by atomic mass is 35.5. The van der Waals surface area contributed by atoms with E-state index in [0.717, 1.165) is 5.56 Å². The molecule has 5 heteroatoms. The number of rotatable bonds is 1. The average Bonchev–Trinajstić information content (AvgIpc) is 2.66. The number of nitriles is 1. The van der Waals surface area contributed by atoms with Gasteiger partial charge in [-0.25, -0.2) is 0 Å². The van der Waals surface area contributed by atoms with Gasteiger partial charge in [0.1, 0.15) is 0 Å². The third-order valence-corrected chi connectivity index (χ3v) is 3.62. The highest BCUT2D eigenvalue weighted by Gasteiger charge is 2.33. The van der Waals surface area contributed by atoms with Crippen LogP contribution in [-0.2, 0) is 4.79 Å². The molecule has 1 aromatic rings. The van der Waals surface area contributed by atoms with E-state index >= 15 is 0 Å². The summed E-state index contributed by atoms with van der Waals surface area (Å²) in [5.41, 5.74) is 1.38. The second kappa shape index (κ2) is 4.56. The van der Waals surface area contributed by atoms with Crippen LogP contribution in [0.3, 0.4) is 0 Å². The predicted octanol–water partition coefficient (Wildman–Crippen LogP) is 3.18. The van der Waals surface area contributed by atoms with Gasteiger partial charge >= 0.3 is 0 Å². The summed E-state index contributed by atoms with van der Waals surface area (Å²) in [6.07, 6.45) is 0.233. The molecule has 0 aliphatic carbocycles. The molecule has 1 unspecified atom stereocenters. The second-order valence-corrected chi connectivity index (χ2v) is 4.85. The first-order valence-electron chi connectivity index (χ1n) is 5.19. The Labute approximate surface area is 110 Å². The summed E-state index contributed by atoms with van der Waals surface area (Å²) in [6, 6.07) is 5.61. The van der Waals surface area contributed by atoms with Crippen molar-refractivity contribution in [3.05, 3.63) is 27.7 Å². The zero-order valence-electron chi connectivity index (χ0n) is 9.20. The van der Waals surface area contributed by atoms with Crippen molar-refractivity contribution in [2.75, 3.05) is 11.4 Å². The molecule has 88 valence electrons. The van der Waals surface area contributed by atoms with Gasteiger partial charge in [0, 0.05) is 13.0 Å². The standard InChI is InChI=1S/C12H10Cl2N2O/c1-7-2-3-9(13)12(11(7)14)16-6-8(5-15)4-10(16)17/h2-3,8H,4,6H2,1H3. The van der Waals surface area contributed by atoms with Gasteiger partial charge < -0.3 is 4.90 Å². The SMILES string of the molecule is Cc1ccc(Cl)c(N2CC(C#N)CC2=O)c1Cl. The molecule has 1 aliphatic heterocycles. The van der Waals surface area contributed by atoms with E-state index in [2.05, 4.69) is 6.07 Å². The lowest BCUT2D eigenvalue weighted by Crippen LogP contribution is -2.25. The number of carbonyl (C=O) groups is 1. The lowest BCUT2D eigenvalue weighted by molar-refractivity contribution is -0.117. The van der Waals surface area contributed by atoms with Gasteiger partial charge in [-0.15, -0.1) is 0 Å². The molecule has 0 aromatic heterocycles. The van der Waals surface area contributed by atoms with Gasteiger partial charge in [-0.3, -0.25) is 4.79 Å². The van der Waals surface area contributed by atoms with Crippen molar-refractivity contribution in [2.24, 2.45) is 5.92 Å². The number of benzene rings is 1. The largest absolute Gasteiger partial charge is 0.308 e. The molecule has 1 aromatic carbocycles. The first-order valence-corrected chi connectivity index (χ1v) is 5.94. The summed E-state index contributed by atoms with van der Waals surface area (Å²) < 4.78 is 0. The van der Waals surface area contributed by atoms with Crippen LogP contribution in [0.2, 0.25) is 10.0 Å². The van der Waals surface area contributed by atoms with Crippen molar-refractivity contribution in [1.29, 1.82) is 5.26 Å². The van der Waals surface area contributed by atoms with Crippen LogP contribution in [0.4, 0.5) is 5.69 Å². The number of aryl methyl sites for hydroxylation is 1. The van der Waals surface area contributed by atoms with Crippen molar-refractivity contribution in [3.8, 4) is 6.07 Å². The van der Waals surface area contributed by atoms with Crippen molar-refractivity contribution < 1.29 is 4.79 Å². The summed E-state index contributed by atoms with van der Waals surface area (Å²) in [6.45, 7) is 2.21. The molecule has 1 saturated heterocycles. The number of anilines is 1. The molecule has 0 saturated carbocycles. The summed E-state index contributed by atoms with van der Waals surface area (Å²) in [5.74, 6) is -0.388. The Morgan fingerprint density at radius 3 is 2.76 bits per heavy atom. The molecule has 1 fully saturated rings. The van der Waals surface area contributed by atoms with Crippen LogP contribution in [0.25, 0.3) is 0 Å². The van der Waals surface area contributed by atoms with E-state index in [1.807, 2.05) is 6.92 Å². The molecule has 0 N–H and O–H groups in total. The van der Waals surface area contributed by atoms with Gasteiger partial charge in [0.2, 0.25) is 5.91 Å². The fraction of sp³-hybridized carbons (Fsp3) is 0.333. The highest BCUT2D eigenvalue weighted by Crippen LogP contribution is 2.38. The Balaban J connectivity index is 2.45. The van der Waals surface area contributed by atoms with Crippen LogP contribution in [0, 0.1) is 24.2 Å². The van der Waals surface area contributed by atoms with Crippen LogP contribution >= 0.6 is 23.2 Å². The van der Waals surface area contributed by atoms with Crippen molar-refractivity contribution >= 4 is 34.8 Å². The van der Waals surface area contributed by atoms with Gasteiger partial charge in [-0.05, 0) is 18.6 Å². The van der Waals surface area contributed by atoms with E-state index in [9.17, 15) is 4.79 Å². The van der Waals surface area contributed by atoms with E-state index in [4.69, 9.17) is 28.5 Å². The molecule has 1 atom stereocenters. The molecular weight excluding hydrogens is 259 g/mol. The first kappa shape index (κ1) is 12.2. The van der Waals surface area contributed by atoms with Crippen LogP contribution < -0.4 is 4.90 Å². The number of amides is 1. The summed E-state index contributed by atoms with van der Waals surface area (Å²) >= 11 is 12.3. The fourth-order valence-corrected chi connectivity index (χ4v) is 2.47. The van der Waals surface area contributed by atoms with Gasteiger partial charge in [0.15, 0.2) is 0 Å². The van der Waals surface area contributed by atoms with Gasteiger partial charge in [-0.2, -0.15) is 5.26 Å². The maximum absolute atomic E-state index is 11.8. The van der Waals surface area contributed by atoms with Crippen LogP contribution in [0.15, 0.2) is 12.1 Å². The molecule has 0 spiro atoms. The van der Waals surface area contributed by atoms with E-state index in [0.29, 0.717) is 22.3 Å². The molecule has 0 radical (unpaired) electrons. The zero-order valence-corrected chi connectivity index (χ0v) is 10.7. The van der Waals surface area contributed by atoms with Gasteiger partial charge in [-0.1, -0.05) is 29.3 Å². The Hall–Kier alpha value is -1.24. The Morgan fingerprint density at radius 1 is 1.47 bits per heavy atom. The molecule has 1 aliphatic rings. The average molecular weight is 269 g/mol. The second-order valence-electron chi connectivity index (χ2n) is 4.06. The lowest BCUT2D eigenvalue weighted by Gasteiger charge is -2.20. The van der Waals surface area contributed by atoms with E-state index < -0.39 is 0 Å². The quantitative estimate of drug-likeness (QED) is 0.785. The van der Waals surface area contributed by atoms with Crippen LogP contribution in [0.5, 0.6) is 0 Å². The molecule has 3 nitrogen and oxygen atoms in total. The molecule has 0 bridgehead atoms. The maximum atomic E-state index is 11.8. The summed E-state index contributed by atoms with van der Waals surface area (Å²) in [5, 5.41) is 9.76. The number of hydrogen-bond acceptors (Lipinski definition) is 2. The minimum Gasteiger partial charge on any atom is -0.308 e. The topological polar surface area (TPSA) is 44.1 Å². The van der Waals surface area contributed by atoms with Crippen molar-refractivity contribution in [2.45, 2.75) is 13.3 Å². The normalized spacial score (nSPS) is 19.5. The van der Waals surface area contributed by atoms with E-state index in [1.54, 1.807) is 12.1 Å². The van der Waals surface area contributed by atoms with Gasteiger partial charge in [0.05, 0.1) is 27.7 Å². The monoisotopic (exact) mass is 268 g/mol. The van der Waals surface area contributed by atoms with Crippen LogP contribution in [0.1, 0.15) is 12.0 Å². The lowest BCUT2D eigenvalue weighted by atomic mass is 10.1. The Morgan fingerprint density at radius 2 is 2.18 bits per heavy atom. The predicted molar refractivity (Wildman–Crippen MR) is 67.3 cm³/mol. The molecule has 1 amide bonds. The fourth-order valence-electron chi connectivity index (χ4n) is 1.90. The van der Waals surface area contributed by atoms with E-state index in [1.165, 1.54) is 4.90 Å². The number of halogens is 2. The third-order valence-electron chi connectivity index (χ3n) is 2.84. The van der Waals surface area contributed by atoms with Crippen LogP contribution in [-0.4, -0.2) is 12.5 Å². The molecular formula is C12H10Cl2N2O. The minimum absolute atomic E-state index is 0.106. The first-order chi connectivity index (χ1) is 8.04.